The molecule has 1 amide bonds. The number of nitrogens with one attached hydrogen (secondary N) is 2. The molecule has 0 aliphatic heterocycles. The number of carboxylic acids is 1. The van der Waals surface area contributed by atoms with Crippen LogP contribution in [0.5, 0.6) is 5.75 Å². The summed E-state index contributed by atoms with van der Waals surface area (Å²) in [5.74, 6) is -1.15. The quantitative estimate of drug-likeness (QED) is 0.662. The third-order valence-corrected chi connectivity index (χ3v) is 4.46. The molecule has 0 atom stereocenters. The smallest absolute Gasteiger partial charge is 0.337 e. The van der Waals surface area contributed by atoms with E-state index in [1.165, 1.54) is 37.4 Å². The van der Waals surface area contributed by atoms with Gasteiger partial charge in [0.25, 0.3) is 5.91 Å². The number of benzene rings is 2. The second kappa shape index (κ2) is 8.07. The summed E-state index contributed by atoms with van der Waals surface area (Å²) in [5.41, 5.74) is 1.35. The molecule has 7 heteroatoms. The lowest BCUT2D eigenvalue weighted by atomic mass is 10.1. The van der Waals surface area contributed by atoms with Crippen LogP contribution >= 0.6 is 0 Å². The number of carboxylic acid groups (broad SMARTS) is 1. The lowest BCUT2D eigenvalue weighted by Crippen LogP contribution is -2.25. The molecule has 1 saturated carbocycles. The molecule has 27 heavy (non-hydrogen) atoms. The van der Waals surface area contributed by atoms with Crippen molar-refractivity contribution in [2.45, 2.75) is 19.4 Å². The molecule has 2 aromatic rings. The second-order valence-corrected chi connectivity index (χ2v) is 6.54. The Balaban J connectivity index is 1.75. The second-order valence-electron chi connectivity index (χ2n) is 6.54. The zero-order valence-electron chi connectivity index (χ0n) is 14.9. The number of carbonyl (C=O) groups excluding carboxylic acids is 1. The van der Waals surface area contributed by atoms with Crippen molar-refractivity contribution in [3.8, 4) is 5.75 Å². The van der Waals surface area contributed by atoms with Crippen molar-refractivity contribution in [2.75, 3.05) is 19.0 Å². The summed E-state index contributed by atoms with van der Waals surface area (Å²) in [6, 6.07) is 8.90. The number of carbonyl (C=O) groups is 2. The molecule has 0 bridgehead atoms. The summed E-state index contributed by atoms with van der Waals surface area (Å²) in [6.07, 6.45) is 2.26. The number of ether oxygens (including phenoxy) is 1. The normalized spacial score (nSPS) is 13.1. The fourth-order valence-corrected chi connectivity index (χ4v) is 2.70. The zero-order valence-corrected chi connectivity index (χ0v) is 14.9. The van der Waals surface area contributed by atoms with E-state index in [2.05, 4.69) is 10.6 Å². The topological polar surface area (TPSA) is 87.7 Å². The maximum atomic E-state index is 13.8. The van der Waals surface area contributed by atoms with E-state index in [1.807, 2.05) is 0 Å². The minimum absolute atomic E-state index is 0.0442. The van der Waals surface area contributed by atoms with Gasteiger partial charge in [0.2, 0.25) is 0 Å². The van der Waals surface area contributed by atoms with Gasteiger partial charge >= 0.3 is 5.97 Å². The van der Waals surface area contributed by atoms with Crippen LogP contribution in [0.25, 0.3) is 0 Å². The van der Waals surface area contributed by atoms with Crippen molar-refractivity contribution in [2.24, 2.45) is 5.92 Å². The van der Waals surface area contributed by atoms with Gasteiger partial charge in [-0.15, -0.1) is 0 Å². The van der Waals surface area contributed by atoms with Crippen LogP contribution in [0.1, 0.15) is 39.1 Å². The molecule has 1 fully saturated rings. The van der Waals surface area contributed by atoms with Crippen molar-refractivity contribution in [3.05, 3.63) is 58.9 Å². The first kappa shape index (κ1) is 18.7. The molecule has 3 rings (SSSR count). The monoisotopic (exact) mass is 372 g/mol. The first-order valence-corrected chi connectivity index (χ1v) is 8.69. The fourth-order valence-electron chi connectivity index (χ4n) is 2.70. The summed E-state index contributed by atoms with van der Waals surface area (Å²) < 4.78 is 18.7. The molecule has 0 unspecified atom stereocenters. The van der Waals surface area contributed by atoms with Crippen LogP contribution in [0.2, 0.25) is 0 Å². The summed E-state index contributed by atoms with van der Waals surface area (Å²) in [4.78, 5) is 23.7. The Morgan fingerprint density at radius 3 is 2.63 bits per heavy atom. The van der Waals surface area contributed by atoms with E-state index in [9.17, 15) is 19.1 Å². The van der Waals surface area contributed by atoms with E-state index in [0.717, 1.165) is 12.8 Å². The van der Waals surface area contributed by atoms with E-state index < -0.39 is 11.8 Å². The molecule has 0 heterocycles. The van der Waals surface area contributed by atoms with Crippen LogP contribution in [-0.4, -0.2) is 30.6 Å². The first-order chi connectivity index (χ1) is 13.0. The largest absolute Gasteiger partial charge is 0.494 e. The van der Waals surface area contributed by atoms with Crippen molar-refractivity contribution >= 4 is 17.6 Å². The first-order valence-electron chi connectivity index (χ1n) is 8.69. The van der Waals surface area contributed by atoms with Gasteiger partial charge in [-0.2, -0.15) is 0 Å². The van der Waals surface area contributed by atoms with E-state index in [4.69, 9.17) is 4.74 Å². The van der Waals surface area contributed by atoms with Crippen LogP contribution in [0, 0.1) is 11.7 Å². The van der Waals surface area contributed by atoms with Crippen molar-refractivity contribution in [1.82, 2.24) is 5.32 Å². The maximum Gasteiger partial charge on any atom is 0.337 e. The van der Waals surface area contributed by atoms with Crippen LogP contribution in [0.3, 0.4) is 0 Å². The third kappa shape index (κ3) is 4.75. The van der Waals surface area contributed by atoms with Crippen LogP contribution in [0.15, 0.2) is 36.4 Å². The average molecular weight is 372 g/mol. The Morgan fingerprint density at radius 2 is 2.00 bits per heavy atom. The van der Waals surface area contributed by atoms with Crippen LogP contribution in [-0.2, 0) is 6.54 Å². The van der Waals surface area contributed by atoms with Gasteiger partial charge in [-0.05, 0) is 54.7 Å². The molecule has 0 aromatic heterocycles. The highest BCUT2D eigenvalue weighted by molar-refractivity contribution is 5.99. The molecule has 0 saturated heterocycles. The van der Waals surface area contributed by atoms with Gasteiger partial charge in [0.1, 0.15) is 0 Å². The summed E-state index contributed by atoms with van der Waals surface area (Å²) in [6.45, 7) is 0.835. The van der Waals surface area contributed by atoms with Crippen molar-refractivity contribution < 1.29 is 23.8 Å². The van der Waals surface area contributed by atoms with Gasteiger partial charge in [0.05, 0.1) is 12.7 Å². The molecule has 0 radical (unpaired) electrons. The maximum absolute atomic E-state index is 13.8. The highest BCUT2D eigenvalue weighted by Crippen LogP contribution is 2.28. The number of hydrogen-bond donors (Lipinski definition) is 3. The van der Waals surface area contributed by atoms with Crippen molar-refractivity contribution in [1.29, 1.82) is 0 Å². The number of hydrogen-bond acceptors (Lipinski definition) is 4. The van der Waals surface area contributed by atoms with E-state index in [-0.39, 0.29) is 23.8 Å². The highest BCUT2D eigenvalue weighted by atomic mass is 19.1. The molecule has 3 N–H and O–H groups in total. The summed E-state index contributed by atoms with van der Waals surface area (Å²) in [5, 5.41) is 15.2. The number of methoxy groups -OCH3 is 1. The third-order valence-electron chi connectivity index (χ3n) is 4.46. The van der Waals surface area contributed by atoms with E-state index >= 15 is 0 Å². The van der Waals surface area contributed by atoms with Gasteiger partial charge < -0.3 is 20.5 Å². The summed E-state index contributed by atoms with van der Waals surface area (Å²) >= 11 is 0. The van der Waals surface area contributed by atoms with Crippen molar-refractivity contribution in [3.63, 3.8) is 0 Å². The van der Waals surface area contributed by atoms with Crippen LogP contribution in [0.4, 0.5) is 10.1 Å². The number of anilines is 1. The van der Waals surface area contributed by atoms with Crippen LogP contribution < -0.4 is 15.4 Å². The number of rotatable bonds is 8. The van der Waals surface area contributed by atoms with Gasteiger partial charge in [-0.25, -0.2) is 9.18 Å². The fraction of sp³-hybridized carbons (Fsp3) is 0.300. The SMILES string of the molecule is COc1ccc(CNc2cc(C(=O)NCC3CC3)ccc2C(=O)O)cc1F. The predicted molar refractivity (Wildman–Crippen MR) is 98.7 cm³/mol. The van der Waals surface area contributed by atoms with Gasteiger partial charge in [0, 0.05) is 24.3 Å². The van der Waals surface area contributed by atoms with Gasteiger partial charge in [-0.3, -0.25) is 4.79 Å². The van der Waals surface area contributed by atoms with Gasteiger partial charge in [0.15, 0.2) is 11.6 Å². The van der Waals surface area contributed by atoms with E-state index in [1.54, 1.807) is 6.07 Å². The molecule has 1 aliphatic rings. The Morgan fingerprint density at radius 1 is 1.22 bits per heavy atom. The lowest BCUT2D eigenvalue weighted by Gasteiger charge is -2.13. The Bertz CT molecular complexity index is 865. The highest BCUT2D eigenvalue weighted by Gasteiger charge is 2.22. The lowest BCUT2D eigenvalue weighted by molar-refractivity contribution is 0.0697. The average Bonchev–Trinajstić information content (AvgIpc) is 3.48. The van der Waals surface area contributed by atoms with Gasteiger partial charge in [-0.1, -0.05) is 6.07 Å². The molecule has 0 spiro atoms. The number of aromatic carboxylic acids is 1. The summed E-state index contributed by atoms with van der Waals surface area (Å²) in [7, 11) is 1.38. The number of halogens is 1. The molecular weight excluding hydrogens is 351 g/mol. The molecular formula is C20H21FN2O4. The van der Waals surface area contributed by atoms with E-state index in [0.29, 0.717) is 29.3 Å². The zero-order chi connectivity index (χ0) is 19.4. The Labute approximate surface area is 156 Å². The standard InChI is InChI=1S/C20H21FN2O4/c1-27-18-7-4-13(8-16(18)21)11-22-17-9-14(5-6-15(17)20(25)26)19(24)23-10-12-2-3-12/h4-9,12,22H,2-3,10-11H2,1H3,(H,23,24)(H,25,26). The Hall–Kier alpha value is -3.09. The molecule has 6 nitrogen and oxygen atoms in total. The minimum Gasteiger partial charge on any atom is -0.494 e. The number of amides is 1. The molecule has 142 valence electrons. The minimum atomic E-state index is -1.11. The molecule has 1 aliphatic carbocycles. The Kier molecular flexibility index (Phi) is 5.59. The predicted octanol–water partition coefficient (Wildman–Crippen LogP) is 3.28. The molecule has 2 aromatic carbocycles.